The first kappa shape index (κ1) is 17.4. The second kappa shape index (κ2) is 6.24. The van der Waals surface area contributed by atoms with Crippen LogP contribution in [0.2, 0.25) is 5.02 Å². The van der Waals surface area contributed by atoms with E-state index in [1.165, 1.54) is 37.9 Å². The van der Waals surface area contributed by atoms with Crippen LogP contribution in [0.1, 0.15) is 31.7 Å². The van der Waals surface area contributed by atoms with Crippen LogP contribution in [0.4, 0.5) is 4.39 Å². The molecule has 148 valence electrons. The summed E-state index contributed by atoms with van der Waals surface area (Å²) >= 11 is 6.53. The monoisotopic (exact) mass is 410 g/mol. The van der Waals surface area contributed by atoms with Crippen LogP contribution in [-0.4, -0.2) is 30.5 Å². The van der Waals surface area contributed by atoms with Crippen LogP contribution in [0.15, 0.2) is 30.9 Å². The Labute approximate surface area is 171 Å². The fourth-order valence-electron chi connectivity index (χ4n) is 5.39. The summed E-state index contributed by atoms with van der Waals surface area (Å²) in [5.74, 6) is 1.23. The Balaban J connectivity index is 1.52. The molecule has 4 aromatic rings. The summed E-state index contributed by atoms with van der Waals surface area (Å²) in [4.78, 5) is 16.5. The van der Waals surface area contributed by atoms with Crippen molar-refractivity contribution in [1.29, 1.82) is 0 Å². The van der Waals surface area contributed by atoms with Crippen molar-refractivity contribution in [3.8, 4) is 11.4 Å². The van der Waals surface area contributed by atoms with E-state index in [1.54, 1.807) is 12.4 Å². The van der Waals surface area contributed by atoms with E-state index in [9.17, 15) is 4.39 Å². The lowest BCUT2D eigenvalue weighted by Gasteiger charge is -2.47. The molecule has 0 radical (unpaired) electrons. The molecular weight excluding hydrogens is 391 g/mol. The van der Waals surface area contributed by atoms with E-state index in [0.717, 1.165) is 11.0 Å². The van der Waals surface area contributed by atoms with E-state index in [1.807, 2.05) is 6.20 Å². The first-order chi connectivity index (χ1) is 14.1. The van der Waals surface area contributed by atoms with E-state index in [0.29, 0.717) is 39.3 Å². The van der Waals surface area contributed by atoms with Gasteiger partial charge >= 0.3 is 0 Å². The van der Waals surface area contributed by atoms with Gasteiger partial charge in [-0.15, -0.1) is 0 Å². The van der Waals surface area contributed by atoms with Crippen molar-refractivity contribution in [3.05, 3.63) is 41.7 Å². The van der Waals surface area contributed by atoms with Gasteiger partial charge in [-0.05, 0) is 43.6 Å². The number of nitrogens with two attached hydrogens (primary N) is 1. The smallest absolute Gasteiger partial charge is 0.163 e. The zero-order valence-corrected chi connectivity index (χ0v) is 16.4. The Kier molecular flexibility index (Phi) is 3.74. The van der Waals surface area contributed by atoms with Gasteiger partial charge in [0, 0.05) is 35.6 Å². The Morgan fingerprint density at radius 1 is 1.10 bits per heavy atom. The number of pyridine rings is 1. The molecule has 0 saturated heterocycles. The lowest BCUT2D eigenvalue weighted by molar-refractivity contribution is 0.0803. The summed E-state index contributed by atoms with van der Waals surface area (Å²) < 4.78 is 15.9. The zero-order chi connectivity index (χ0) is 19.7. The van der Waals surface area contributed by atoms with Crippen LogP contribution >= 0.6 is 11.6 Å². The minimum atomic E-state index is -0.393. The van der Waals surface area contributed by atoms with Gasteiger partial charge in [0.25, 0.3) is 0 Å². The maximum atomic E-state index is 13.7. The number of nitrogens with one attached hydrogen (secondary N) is 1. The van der Waals surface area contributed by atoms with Crippen molar-refractivity contribution in [1.82, 2.24) is 24.5 Å². The molecule has 0 amide bonds. The van der Waals surface area contributed by atoms with Crippen molar-refractivity contribution < 1.29 is 4.39 Å². The molecule has 3 aliphatic carbocycles. The van der Waals surface area contributed by atoms with Crippen molar-refractivity contribution in [2.45, 2.75) is 37.8 Å². The van der Waals surface area contributed by atoms with E-state index in [4.69, 9.17) is 22.3 Å². The maximum absolute atomic E-state index is 13.7. The highest BCUT2D eigenvalue weighted by Gasteiger charge is 2.43. The average Bonchev–Trinajstić information content (AvgIpc) is 3.29. The Morgan fingerprint density at radius 2 is 1.90 bits per heavy atom. The number of hydrogen-bond donors (Lipinski definition) is 2. The van der Waals surface area contributed by atoms with Gasteiger partial charge in [-0.2, -0.15) is 0 Å². The van der Waals surface area contributed by atoms with Gasteiger partial charge in [-0.1, -0.05) is 11.6 Å². The molecule has 6 nitrogen and oxygen atoms in total. The lowest BCUT2D eigenvalue weighted by Crippen LogP contribution is -2.49. The number of aromatic nitrogens is 5. The molecule has 4 heterocycles. The number of H-pyrrole nitrogens is 1. The highest BCUT2D eigenvalue weighted by molar-refractivity contribution is 6.35. The predicted octanol–water partition coefficient (Wildman–Crippen LogP) is 4.46. The number of aromatic amines is 1. The highest BCUT2D eigenvalue weighted by Crippen LogP contribution is 2.48. The third kappa shape index (κ3) is 2.53. The summed E-state index contributed by atoms with van der Waals surface area (Å²) in [6.07, 6.45) is 11.5. The molecule has 3 fully saturated rings. The van der Waals surface area contributed by atoms with Crippen molar-refractivity contribution in [2.75, 3.05) is 0 Å². The van der Waals surface area contributed by atoms with Gasteiger partial charge in [-0.25, -0.2) is 19.3 Å². The molecule has 0 unspecified atom stereocenters. The van der Waals surface area contributed by atoms with Gasteiger partial charge in [0.2, 0.25) is 0 Å². The van der Waals surface area contributed by atoms with E-state index in [2.05, 4.69) is 19.5 Å². The molecule has 0 aliphatic heterocycles. The number of rotatable bonds is 2. The molecule has 4 aromatic heterocycles. The Bertz CT molecular complexity index is 1240. The molecule has 3 saturated carbocycles. The second-order valence-electron chi connectivity index (χ2n) is 8.31. The van der Waals surface area contributed by atoms with Gasteiger partial charge in [-0.3, -0.25) is 0 Å². The highest BCUT2D eigenvalue weighted by atomic mass is 35.5. The molecule has 3 N–H and O–H groups in total. The third-order valence-electron chi connectivity index (χ3n) is 6.82. The van der Waals surface area contributed by atoms with Gasteiger partial charge < -0.3 is 15.3 Å². The summed E-state index contributed by atoms with van der Waals surface area (Å²) in [5, 5.41) is 2.10. The molecular formula is C21H20ClFN6. The topological polar surface area (TPSA) is 85.4 Å². The molecule has 29 heavy (non-hydrogen) atoms. The van der Waals surface area contributed by atoms with Crippen LogP contribution in [-0.2, 0) is 0 Å². The second-order valence-corrected chi connectivity index (χ2v) is 8.72. The van der Waals surface area contributed by atoms with Crippen molar-refractivity contribution in [2.24, 2.45) is 17.6 Å². The fraction of sp³-hybridized carbons (Fsp3) is 0.381. The largest absolute Gasteiger partial charge is 0.345 e. The van der Waals surface area contributed by atoms with Crippen molar-refractivity contribution >= 4 is 33.7 Å². The molecule has 2 bridgehead atoms. The third-order valence-corrected chi connectivity index (χ3v) is 7.12. The minimum Gasteiger partial charge on any atom is -0.345 e. The predicted molar refractivity (Wildman–Crippen MR) is 110 cm³/mol. The zero-order valence-electron chi connectivity index (χ0n) is 15.6. The maximum Gasteiger partial charge on any atom is 0.163 e. The normalized spacial score (nSPS) is 26.6. The first-order valence-corrected chi connectivity index (χ1v) is 10.4. The summed E-state index contributed by atoms with van der Waals surface area (Å²) in [6.45, 7) is 0. The Hall–Kier alpha value is -2.51. The van der Waals surface area contributed by atoms with Crippen LogP contribution in [0.25, 0.3) is 33.5 Å². The van der Waals surface area contributed by atoms with E-state index in [-0.39, 0.29) is 12.1 Å². The lowest BCUT2D eigenvalue weighted by atomic mass is 9.65. The number of nitrogens with zero attached hydrogens (tertiary/aromatic N) is 4. The molecule has 2 atom stereocenters. The standard InChI is InChI=1S/C21H20ClFN6/c22-16-9-29(18-11-3-1-10(2-4-11)17(18)24)21-15(16)8-27-20(28-21)14-7-26-19-13(14)5-12(23)6-25-19/h5-11,17-18H,1-4,24H2,(H,25,26)/t10?,11?,17-,18-/m0/s1. The average molecular weight is 411 g/mol. The number of hydrogen-bond acceptors (Lipinski definition) is 4. The van der Waals surface area contributed by atoms with E-state index < -0.39 is 5.82 Å². The van der Waals surface area contributed by atoms with Crippen LogP contribution < -0.4 is 5.73 Å². The summed E-state index contributed by atoms with van der Waals surface area (Å²) in [6, 6.07) is 1.75. The van der Waals surface area contributed by atoms with Crippen LogP contribution in [0, 0.1) is 17.7 Å². The van der Waals surface area contributed by atoms with Crippen molar-refractivity contribution in [3.63, 3.8) is 0 Å². The van der Waals surface area contributed by atoms with Crippen LogP contribution in [0.3, 0.4) is 0 Å². The first-order valence-electron chi connectivity index (χ1n) is 10.0. The summed E-state index contributed by atoms with van der Waals surface area (Å²) in [5.41, 5.74) is 8.76. The van der Waals surface area contributed by atoms with Gasteiger partial charge in [0.1, 0.15) is 17.1 Å². The molecule has 0 spiro atoms. The molecule has 8 heteroatoms. The summed E-state index contributed by atoms with van der Waals surface area (Å²) in [7, 11) is 0. The van der Waals surface area contributed by atoms with Gasteiger partial charge in [0.15, 0.2) is 5.82 Å². The quantitative estimate of drug-likeness (QED) is 0.511. The Morgan fingerprint density at radius 3 is 2.69 bits per heavy atom. The minimum absolute atomic E-state index is 0.110. The van der Waals surface area contributed by atoms with E-state index >= 15 is 0 Å². The number of fused-ring (bicyclic) bond motifs is 5. The SMILES string of the molecule is N[C@H]1C2CCC(CC2)[C@@H]1n1cc(Cl)c2cnc(-c3c[nH]c4ncc(F)cc34)nc21. The van der Waals surface area contributed by atoms with Gasteiger partial charge in [0.05, 0.1) is 22.6 Å². The molecule has 3 aliphatic rings. The molecule has 0 aromatic carbocycles. The molecule has 7 rings (SSSR count). The number of halogens is 2. The van der Waals surface area contributed by atoms with Crippen LogP contribution in [0.5, 0.6) is 0 Å². The fourth-order valence-corrected chi connectivity index (χ4v) is 5.63.